The summed E-state index contributed by atoms with van der Waals surface area (Å²) in [7, 11) is 1.72. The van der Waals surface area contributed by atoms with E-state index >= 15 is 0 Å². The van der Waals surface area contributed by atoms with Crippen LogP contribution in [-0.4, -0.2) is 51.1 Å². The van der Waals surface area contributed by atoms with Gasteiger partial charge >= 0.3 is 0 Å². The number of carbonyl (C=O) groups is 2. The number of hydrogen-bond donors (Lipinski definition) is 5. The third-order valence-corrected chi connectivity index (χ3v) is 2.58. The molecule has 0 unspecified atom stereocenters. The maximum Gasteiger partial charge on any atom is 0.234 e. The molecule has 1 amide bonds. The zero-order valence-corrected chi connectivity index (χ0v) is 13.0. The third kappa shape index (κ3) is 13.4. The molecule has 20 heavy (non-hydrogen) atoms. The average Bonchev–Trinajstić information content (AvgIpc) is 2.46. The Morgan fingerprint density at radius 3 is 2.20 bits per heavy atom. The van der Waals surface area contributed by atoms with Gasteiger partial charge in [-0.15, -0.1) is 0 Å². The quantitative estimate of drug-likeness (QED) is 0.230. The summed E-state index contributed by atoms with van der Waals surface area (Å²) in [6.45, 7) is 5.71. The van der Waals surface area contributed by atoms with E-state index in [1.165, 1.54) is 0 Å². The van der Waals surface area contributed by atoms with Crippen LogP contribution in [0.5, 0.6) is 0 Å². The highest BCUT2D eigenvalue weighted by atomic mass is 16.1. The SMILES string of the molecule is CC.CN[C@@H](CCCCNCC(=O)CNCN)C(N)=O. The smallest absolute Gasteiger partial charge is 0.234 e. The van der Waals surface area contributed by atoms with Gasteiger partial charge in [0.15, 0.2) is 5.78 Å². The topological polar surface area (TPSA) is 122 Å². The van der Waals surface area contributed by atoms with Gasteiger partial charge in [-0.05, 0) is 26.4 Å². The van der Waals surface area contributed by atoms with Crippen molar-refractivity contribution in [2.75, 3.05) is 33.4 Å². The van der Waals surface area contributed by atoms with Crippen molar-refractivity contribution in [3.63, 3.8) is 0 Å². The second-order valence-electron chi connectivity index (χ2n) is 4.09. The predicted molar refractivity (Wildman–Crippen MR) is 82.2 cm³/mol. The van der Waals surface area contributed by atoms with Crippen LogP contribution in [0.4, 0.5) is 0 Å². The van der Waals surface area contributed by atoms with E-state index in [9.17, 15) is 9.59 Å². The van der Waals surface area contributed by atoms with Crippen molar-refractivity contribution in [2.45, 2.75) is 39.2 Å². The summed E-state index contributed by atoms with van der Waals surface area (Å²) in [5.74, 6) is -0.237. The zero-order valence-electron chi connectivity index (χ0n) is 13.0. The fourth-order valence-electron chi connectivity index (χ4n) is 1.53. The Labute approximate surface area is 122 Å². The highest BCUT2D eigenvalue weighted by molar-refractivity contribution is 5.82. The van der Waals surface area contributed by atoms with Crippen molar-refractivity contribution >= 4 is 11.7 Å². The molecule has 0 saturated heterocycles. The molecule has 0 bridgehead atoms. The molecule has 0 fully saturated rings. The predicted octanol–water partition coefficient (Wildman–Crippen LogP) is -1.08. The molecular formula is C13H31N5O2. The summed E-state index contributed by atoms with van der Waals surface area (Å²) in [6.07, 6.45) is 2.51. The summed E-state index contributed by atoms with van der Waals surface area (Å²) in [5.41, 5.74) is 10.4. The summed E-state index contributed by atoms with van der Waals surface area (Å²) >= 11 is 0. The van der Waals surface area contributed by atoms with Crippen LogP contribution in [0, 0.1) is 0 Å². The summed E-state index contributed by atoms with van der Waals surface area (Å²) in [4.78, 5) is 22.1. The van der Waals surface area contributed by atoms with Gasteiger partial charge in [-0.2, -0.15) is 0 Å². The number of carbonyl (C=O) groups excluding carboxylic acids is 2. The van der Waals surface area contributed by atoms with Gasteiger partial charge < -0.3 is 22.1 Å². The molecule has 0 aliphatic rings. The number of nitrogens with one attached hydrogen (secondary N) is 3. The standard InChI is InChI=1S/C11H25N5O2.C2H6/c1-14-10(11(13)18)4-2-3-5-15-6-9(17)7-16-8-12;1-2/h10,14-16H,2-8,12H2,1H3,(H2,13,18);1-2H3/t10-;/m0./s1. The number of amides is 1. The minimum absolute atomic E-state index is 0.0886. The first kappa shape index (κ1) is 21.3. The highest BCUT2D eigenvalue weighted by Crippen LogP contribution is 1.99. The van der Waals surface area contributed by atoms with E-state index < -0.39 is 0 Å². The zero-order chi connectivity index (χ0) is 15.8. The molecule has 0 radical (unpaired) electrons. The number of nitrogens with two attached hydrogens (primary N) is 2. The molecule has 0 aromatic carbocycles. The molecule has 1 atom stereocenters. The molecule has 7 N–H and O–H groups in total. The van der Waals surface area contributed by atoms with Crippen LogP contribution in [0.1, 0.15) is 33.1 Å². The van der Waals surface area contributed by atoms with Gasteiger partial charge in [0.05, 0.1) is 19.1 Å². The fraction of sp³-hybridized carbons (Fsp3) is 0.846. The number of ketones is 1. The second kappa shape index (κ2) is 16.0. The Hall–Kier alpha value is -1.02. The first-order valence-corrected chi connectivity index (χ1v) is 7.21. The fourth-order valence-corrected chi connectivity index (χ4v) is 1.53. The lowest BCUT2D eigenvalue weighted by Gasteiger charge is -2.11. The van der Waals surface area contributed by atoms with Crippen molar-refractivity contribution < 1.29 is 9.59 Å². The van der Waals surface area contributed by atoms with Crippen LogP contribution in [0.3, 0.4) is 0 Å². The van der Waals surface area contributed by atoms with Gasteiger partial charge in [-0.3, -0.25) is 14.9 Å². The molecular weight excluding hydrogens is 258 g/mol. The van der Waals surface area contributed by atoms with Crippen LogP contribution in [0.25, 0.3) is 0 Å². The van der Waals surface area contributed by atoms with Gasteiger partial charge in [-0.1, -0.05) is 20.3 Å². The maximum absolute atomic E-state index is 11.2. The van der Waals surface area contributed by atoms with Crippen molar-refractivity contribution in [3.05, 3.63) is 0 Å². The van der Waals surface area contributed by atoms with Crippen LogP contribution in [0.15, 0.2) is 0 Å². The van der Waals surface area contributed by atoms with Crippen molar-refractivity contribution in [3.8, 4) is 0 Å². The molecule has 0 aliphatic heterocycles. The van der Waals surface area contributed by atoms with E-state index in [4.69, 9.17) is 11.5 Å². The molecule has 0 aromatic heterocycles. The Morgan fingerprint density at radius 2 is 1.70 bits per heavy atom. The third-order valence-electron chi connectivity index (χ3n) is 2.58. The van der Waals surface area contributed by atoms with E-state index in [0.29, 0.717) is 19.8 Å². The summed E-state index contributed by atoms with van der Waals surface area (Å²) in [6, 6.07) is -0.264. The Balaban J connectivity index is 0. The molecule has 0 rings (SSSR count). The van der Waals surface area contributed by atoms with Crippen LogP contribution >= 0.6 is 0 Å². The molecule has 0 heterocycles. The molecule has 7 nitrogen and oxygen atoms in total. The van der Waals surface area contributed by atoms with Gasteiger partial charge in [-0.25, -0.2) is 0 Å². The monoisotopic (exact) mass is 289 g/mol. The van der Waals surface area contributed by atoms with E-state index in [1.54, 1.807) is 7.05 Å². The maximum atomic E-state index is 11.2. The highest BCUT2D eigenvalue weighted by Gasteiger charge is 2.11. The number of rotatable bonds is 12. The molecule has 0 spiro atoms. The molecule has 7 heteroatoms. The van der Waals surface area contributed by atoms with Gasteiger partial charge in [0, 0.05) is 6.67 Å². The van der Waals surface area contributed by atoms with E-state index in [1.807, 2.05) is 13.8 Å². The van der Waals surface area contributed by atoms with Crippen LogP contribution in [0.2, 0.25) is 0 Å². The second-order valence-corrected chi connectivity index (χ2v) is 4.09. The normalized spacial score (nSPS) is 11.4. The molecule has 0 aromatic rings. The van der Waals surface area contributed by atoms with Gasteiger partial charge in [0.1, 0.15) is 0 Å². The lowest BCUT2D eigenvalue weighted by molar-refractivity contribution is -0.120. The molecule has 120 valence electrons. The lowest BCUT2D eigenvalue weighted by atomic mass is 10.1. The first-order chi connectivity index (χ1) is 9.61. The van der Waals surface area contributed by atoms with Crippen LogP contribution < -0.4 is 27.4 Å². The van der Waals surface area contributed by atoms with E-state index in [-0.39, 0.29) is 17.7 Å². The molecule has 0 aliphatic carbocycles. The molecule has 0 saturated carbocycles. The Morgan fingerprint density at radius 1 is 1.10 bits per heavy atom. The Kier molecular flexibility index (Phi) is 17.1. The summed E-state index contributed by atoms with van der Waals surface area (Å²) < 4.78 is 0. The number of primary amides is 1. The Bertz CT molecular complexity index is 249. The minimum Gasteiger partial charge on any atom is -0.368 e. The van der Waals surface area contributed by atoms with E-state index in [2.05, 4.69) is 16.0 Å². The number of Topliss-reactive ketones (excluding diaryl/α,β-unsaturated/α-hetero) is 1. The average molecular weight is 289 g/mol. The van der Waals surface area contributed by atoms with Crippen molar-refractivity contribution in [1.82, 2.24) is 16.0 Å². The van der Waals surface area contributed by atoms with Crippen molar-refractivity contribution in [2.24, 2.45) is 11.5 Å². The minimum atomic E-state index is -0.325. The largest absolute Gasteiger partial charge is 0.368 e. The van der Waals surface area contributed by atoms with Gasteiger partial charge in [0.2, 0.25) is 5.91 Å². The van der Waals surface area contributed by atoms with Crippen LogP contribution in [-0.2, 0) is 9.59 Å². The summed E-state index contributed by atoms with van der Waals surface area (Å²) in [5, 5.41) is 8.68. The lowest BCUT2D eigenvalue weighted by Crippen LogP contribution is -2.39. The number of hydrogen-bond acceptors (Lipinski definition) is 6. The van der Waals surface area contributed by atoms with Crippen molar-refractivity contribution in [1.29, 1.82) is 0 Å². The first-order valence-electron chi connectivity index (χ1n) is 7.21. The van der Waals surface area contributed by atoms with E-state index in [0.717, 1.165) is 25.8 Å². The number of unbranched alkanes of at least 4 members (excludes halogenated alkanes) is 1. The number of likely N-dealkylation sites (N-methyl/N-ethyl adjacent to an activating group) is 1. The van der Waals surface area contributed by atoms with Gasteiger partial charge in [0.25, 0.3) is 0 Å².